The van der Waals surface area contributed by atoms with Gasteiger partial charge in [-0.25, -0.2) is 0 Å². The number of benzene rings is 1. The van der Waals surface area contributed by atoms with E-state index in [-0.39, 0.29) is 0 Å². The summed E-state index contributed by atoms with van der Waals surface area (Å²) in [6.45, 7) is 4.80. The van der Waals surface area contributed by atoms with E-state index in [4.69, 9.17) is 0 Å². The molecule has 1 aromatic carbocycles. The molecule has 2 nitrogen and oxygen atoms in total. The molecule has 0 atom stereocenters. The molecule has 1 rings (SSSR count). The number of hydrogen-bond donors (Lipinski definition) is 0. The maximum absolute atomic E-state index is 12.0. The van der Waals surface area contributed by atoms with Crippen molar-refractivity contribution in [1.29, 1.82) is 0 Å². The Kier molecular flexibility index (Phi) is 6.01. The number of carboxylic acids is 1. The predicted molar refractivity (Wildman–Crippen MR) is 55.5 cm³/mol. The molecule has 0 aliphatic rings. The van der Waals surface area contributed by atoms with Gasteiger partial charge in [0.15, 0.2) is 0 Å². The second kappa shape index (κ2) is 6.32. The Bertz CT molecular complexity index is 409. The molecule has 96 valence electrons. The van der Waals surface area contributed by atoms with E-state index in [1.54, 1.807) is 26.8 Å². The molecule has 6 heteroatoms. The van der Waals surface area contributed by atoms with E-state index in [2.05, 4.69) is 0 Å². The molecule has 18 heavy (non-hydrogen) atoms. The van der Waals surface area contributed by atoms with Crippen LogP contribution < -0.4 is 9.26 Å². The van der Waals surface area contributed by atoms with Gasteiger partial charge in [-0.15, -0.1) is 0 Å². The Balaban J connectivity index is 0.000000360. The molecule has 0 aliphatic carbocycles. The fraction of sp³-hybridized carbons (Fsp3) is 0.417. The minimum absolute atomic E-state index is 0.554. The molecule has 0 aromatic heterocycles. The summed E-state index contributed by atoms with van der Waals surface area (Å²) in [5.74, 6) is -1.01. The van der Waals surface area contributed by atoms with Crippen LogP contribution in [0.25, 0.3) is 0 Å². The zero-order valence-electron chi connectivity index (χ0n) is 10.5. The standard InChI is InChI=1S/C7H4F3.C5H10O2.Zn/c8-7(9,10)6-4-2-1-3-5-6;1-5(2,3)4(6)7;/h1-2,4-5H;1-3H3,(H,6,7);/q;;+1/p-1. The second-order valence-corrected chi connectivity index (χ2v) is 6.45. The average molecular weight is 312 g/mol. The van der Waals surface area contributed by atoms with Crippen molar-refractivity contribution in [2.24, 2.45) is 5.41 Å². The molecule has 0 heterocycles. The summed E-state index contributed by atoms with van der Waals surface area (Å²) in [7, 11) is 0. The van der Waals surface area contributed by atoms with E-state index in [1.165, 1.54) is 12.1 Å². The molecule has 0 unspecified atom stereocenters. The Morgan fingerprint density at radius 3 is 1.89 bits per heavy atom. The van der Waals surface area contributed by atoms with E-state index in [0.717, 1.165) is 28.5 Å². The van der Waals surface area contributed by atoms with E-state index >= 15 is 0 Å². The van der Waals surface area contributed by atoms with Gasteiger partial charge in [0.25, 0.3) is 0 Å². The molecule has 0 radical (unpaired) electrons. The van der Waals surface area contributed by atoms with E-state index < -0.39 is 23.1 Å². The fourth-order valence-corrected chi connectivity index (χ4v) is 1.49. The van der Waals surface area contributed by atoms with Crippen molar-refractivity contribution < 1.29 is 41.4 Å². The van der Waals surface area contributed by atoms with Crippen LogP contribution in [0.15, 0.2) is 24.3 Å². The van der Waals surface area contributed by atoms with Gasteiger partial charge in [-0.3, -0.25) is 0 Å². The fourth-order valence-electron chi connectivity index (χ4n) is 0.748. The zero-order valence-corrected chi connectivity index (χ0v) is 13.4. The van der Waals surface area contributed by atoms with Crippen LogP contribution in [0, 0.1) is 5.41 Å². The molecule has 0 saturated carbocycles. The van der Waals surface area contributed by atoms with Crippen molar-refractivity contribution in [1.82, 2.24) is 0 Å². The van der Waals surface area contributed by atoms with Gasteiger partial charge in [0.05, 0.1) is 0 Å². The van der Waals surface area contributed by atoms with Crippen molar-refractivity contribution in [3.63, 3.8) is 0 Å². The summed E-state index contributed by atoms with van der Waals surface area (Å²) >= 11 is 0.754. The van der Waals surface area contributed by atoms with Gasteiger partial charge in [0, 0.05) is 11.4 Å². The van der Waals surface area contributed by atoms with Crippen LogP contribution >= 0.6 is 0 Å². The third-order valence-corrected chi connectivity index (χ3v) is 2.79. The predicted octanol–water partition coefficient (Wildman–Crippen LogP) is 1.66. The van der Waals surface area contributed by atoms with Gasteiger partial charge in [0.1, 0.15) is 0 Å². The van der Waals surface area contributed by atoms with Gasteiger partial charge >= 0.3 is 71.6 Å². The second-order valence-electron chi connectivity index (χ2n) is 4.74. The number of rotatable bonds is 0. The monoisotopic (exact) mass is 310 g/mol. The van der Waals surface area contributed by atoms with Gasteiger partial charge in [-0.1, -0.05) is 20.8 Å². The Labute approximate surface area is 114 Å². The molecule has 0 saturated heterocycles. The summed E-state index contributed by atoms with van der Waals surface area (Å²) in [5.41, 5.74) is -1.25. The van der Waals surface area contributed by atoms with Crippen LogP contribution in [0.3, 0.4) is 0 Å². The van der Waals surface area contributed by atoms with Crippen molar-refractivity contribution in [3.05, 3.63) is 29.8 Å². The number of carboxylic acid groups (broad SMARTS) is 1. The topological polar surface area (TPSA) is 40.1 Å². The number of carbonyl (C=O) groups is 1. The Morgan fingerprint density at radius 2 is 1.67 bits per heavy atom. The molecular weight excluding hydrogens is 299 g/mol. The zero-order chi connectivity index (χ0) is 14.6. The van der Waals surface area contributed by atoms with E-state index in [9.17, 15) is 23.1 Å². The maximum atomic E-state index is 12.0. The Hall–Kier alpha value is -0.897. The molecular formula is C12H13F3O2Zn. The van der Waals surface area contributed by atoms with Crippen LogP contribution in [0.4, 0.5) is 13.2 Å². The number of hydrogen-bond acceptors (Lipinski definition) is 2. The van der Waals surface area contributed by atoms with Crippen LogP contribution in [-0.2, 0) is 29.3 Å². The number of carbonyl (C=O) groups excluding carboxylic acids is 1. The molecule has 0 N–H and O–H groups in total. The minimum atomic E-state index is -4.20. The van der Waals surface area contributed by atoms with Crippen LogP contribution in [0.2, 0.25) is 0 Å². The summed E-state index contributed by atoms with van der Waals surface area (Å²) in [4.78, 5) is 9.91. The SMILES string of the molecule is CC(C)(C)C(=O)[O-].FC(F)(F)c1ccc[c]([Zn+])c1. The first-order valence-electron chi connectivity index (χ1n) is 5.15. The molecule has 0 fully saturated rings. The number of halogens is 3. The van der Waals surface area contributed by atoms with Gasteiger partial charge < -0.3 is 9.90 Å². The molecule has 0 spiro atoms. The first-order chi connectivity index (χ1) is 7.94. The summed E-state index contributed by atoms with van der Waals surface area (Å²) in [6, 6.07) is 5.38. The molecule has 1 aromatic rings. The van der Waals surface area contributed by atoms with E-state index in [0.29, 0.717) is 0 Å². The first-order valence-corrected chi connectivity index (χ1v) is 6.63. The average Bonchev–Trinajstić information content (AvgIpc) is 2.15. The van der Waals surface area contributed by atoms with Gasteiger partial charge in [0.2, 0.25) is 0 Å². The quantitative estimate of drug-likeness (QED) is 0.684. The van der Waals surface area contributed by atoms with Gasteiger partial charge in [-0.2, -0.15) is 0 Å². The molecule has 0 aliphatic heterocycles. The summed E-state index contributed by atoms with van der Waals surface area (Å²) in [6.07, 6.45) is -4.20. The summed E-state index contributed by atoms with van der Waals surface area (Å²) in [5, 5.41) is 9.91. The van der Waals surface area contributed by atoms with E-state index in [1.807, 2.05) is 0 Å². The van der Waals surface area contributed by atoms with Crippen LogP contribution in [0.5, 0.6) is 0 Å². The number of aliphatic carboxylic acids is 1. The third-order valence-electron chi connectivity index (χ3n) is 1.87. The van der Waals surface area contributed by atoms with Crippen molar-refractivity contribution in [2.45, 2.75) is 26.9 Å². The molecule has 0 bridgehead atoms. The molecule has 0 amide bonds. The third kappa shape index (κ3) is 6.75. The first kappa shape index (κ1) is 17.1. The van der Waals surface area contributed by atoms with Gasteiger partial charge in [-0.05, 0) is 0 Å². The van der Waals surface area contributed by atoms with Crippen molar-refractivity contribution in [3.8, 4) is 0 Å². The Morgan fingerprint density at radius 1 is 1.22 bits per heavy atom. The van der Waals surface area contributed by atoms with Crippen molar-refractivity contribution >= 4 is 10.1 Å². The van der Waals surface area contributed by atoms with Crippen molar-refractivity contribution in [2.75, 3.05) is 0 Å². The number of alkyl halides is 3. The summed E-state index contributed by atoms with van der Waals surface area (Å²) < 4.78 is 36.7. The van der Waals surface area contributed by atoms with Crippen LogP contribution in [-0.4, -0.2) is 5.97 Å². The van der Waals surface area contributed by atoms with Crippen LogP contribution in [0.1, 0.15) is 26.3 Å². The normalized spacial score (nSPS) is 11.6.